The molecule has 2 aliphatic heterocycles. The maximum atomic E-state index is 12.3. The minimum absolute atomic E-state index is 0.0545. The second-order valence-corrected chi connectivity index (χ2v) is 6.70. The number of rotatable bonds is 4. The number of benzene rings is 1. The number of nitrogens with one attached hydrogen (secondary N) is 1. The summed E-state index contributed by atoms with van der Waals surface area (Å²) >= 11 is 0. The number of hydrogen-bond donors (Lipinski definition) is 1. The lowest BCUT2D eigenvalue weighted by Crippen LogP contribution is -2.36. The van der Waals surface area contributed by atoms with Gasteiger partial charge in [0.25, 0.3) is 0 Å². The number of fused-ring (bicyclic) bond motifs is 2. The van der Waals surface area contributed by atoms with Crippen molar-refractivity contribution in [2.24, 2.45) is 0 Å². The number of anilines is 1. The van der Waals surface area contributed by atoms with Crippen LogP contribution in [0.2, 0.25) is 0 Å². The third kappa shape index (κ3) is 3.11. The Hall–Kier alpha value is -3.62. The Morgan fingerprint density at radius 2 is 2.21 bits per heavy atom. The molecule has 9 heteroatoms. The number of carbonyl (C=O) groups excluding carboxylic acids is 1. The van der Waals surface area contributed by atoms with Crippen LogP contribution in [-0.4, -0.2) is 51.4 Å². The van der Waals surface area contributed by atoms with Crippen LogP contribution in [0.1, 0.15) is 12.0 Å². The average molecular weight is 378 g/mol. The van der Waals surface area contributed by atoms with Crippen LogP contribution < -0.4 is 19.7 Å². The van der Waals surface area contributed by atoms with Crippen LogP contribution in [0.3, 0.4) is 0 Å². The number of carbonyl (C=O) groups is 1. The van der Waals surface area contributed by atoms with Crippen LogP contribution in [0.15, 0.2) is 43.0 Å². The van der Waals surface area contributed by atoms with Gasteiger partial charge in [0, 0.05) is 37.6 Å². The molecule has 28 heavy (non-hydrogen) atoms. The van der Waals surface area contributed by atoms with Gasteiger partial charge in [-0.3, -0.25) is 9.20 Å². The molecule has 4 heterocycles. The third-order valence-corrected chi connectivity index (χ3v) is 4.86. The van der Waals surface area contributed by atoms with E-state index in [0.29, 0.717) is 12.3 Å². The minimum Gasteiger partial charge on any atom is -0.454 e. The van der Waals surface area contributed by atoms with Crippen LogP contribution in [0.5, 0.6) is 11.5 Å². The number of hydrogen-bond acceptors (Lipinski definition) is 7. The Morgan fingerprint density at radius 1 is 1.29 bits per heavy atom. The first kappa shape index (κ1) is 16.5. The van der Waals surface area contributed by atoms with Crippen molar-refractivity contribution in [3.8, 4) is 11.5 Å². The molecule has 9 nitrogen and oxygen atoms in total. The predicted octanol–water partition coefficient (Wildman–Crippen LogP) is 1.26. The van der Waals surface area contributed by atoms with Crippen molar-refractivity contribution >= 4 is 23.4 Å². The first-order valence-corrected chi connectivity index (χ1v) is 9.04. The van der Waals surface area contributed by atoms with Crippen molar-refractivity contribution in [2.45, 2.75) is 12.5 Å². The van der Waals surface area contributed by atoms with E-state index in [-0.39, 0.29) is 18.7 Å². The van der Waals surface area contributed by atoms with Crippen LogP contribution in [0, 0.1) is 0 Å². The second kappa shape index (κ2) is 6.84. The van der Waals surface area contributed by atoms with Gasteiger partial charge in [0.2, 0.25) is 18.3 Å². The summed E-state index contributed by atoms with van der Waals surface area (Å²) in [5.41, 5.74) is 1.60. The standard InChI is InChI=1S/C19H18N6O3/c26-17(4-2-13-1-3-15-16(9-13)28-12-27-15)22-14-5-7-24(10-14)18-19-23-21-11-25(19)8-6-20-18/h1-4,6,8-9,11,14H,5,7,10,12H2,(H,22,26)/b4-2+/t14-/m0/s1. The minimum atomic E-state index is -0.127. The molecule has 0 radical (unpaired) electrons. The first-order chi connectivity index (χ1) is 13.8. The van der Waals surface area contributed by atoms with Gasteiger partial charge in [0.1, 0.15) is 6.33 Å². The van der Waals surface area contributed by atoms with E-state index in [4.69, 9.17) is 9.47 Å². The molecular weight excluding hydrogens is 360 g/mol. The first-order valence-electron chi connectivity index (χ1n) is 9.04. The molecular formula is C19H18N6O3. The van der Waals surface area contributed by atoms with E-state index in [1.807, 2.05) is 28.8 Å². The molecule has 1 aromatic carbocycles. The molecule has 1 N–H and O–H groups in total. The van der Waals surface area contributed by atoms with Crippen molar-refractivity contribution in [1.82, 2.24) is 24.9 Å². The van der Waals surface area contributed by atoms with E-state index in [0.717, 1.165) is 35.7 Å². The van der Waals surface area contributed by atoms with E-state index < -0.39 is 0 Å². The van der Waals surface area contributed by atoms with Gasteiger partial charge in [-0.1, -0.05) is 6.07 Å². The van der Waals surface area contributed by atoms with Crippen LogP contribution >= 0.6 is 0 Å². The molecule has 0 bridgehead atoms. The summed E-state index contributed by atoms with van der Waals surface area (Å²) < 4.78 is 12.5. The SMILES string of the molecule is O=C(/C=C/c1ccc2c(c1)OCO2)N[C@H]1CCN(c2nccn3cnnc23)C1. The lowest BCUT2D eigenvalue weighted by Gasteiger charge is -2.17. The molecule has 2 aromatic heterocycles. The number of nitrogens with zero attached hydrogens (tertiary/aromatic N) is 5. The summed E-state index contributed by atoms with van der Waals surface area (Å²) in [5, 5.41) is 11.1. The molecule has 0 spiro atoms. The molecule has 1 amide bonds. The summed E-state index contributed by atoms with van der Waals surface area (Å²) in [6, 6.07) is 5.64. The van der Waals surface area contributed by atoms with Crippen LogP contribution in [0.4, 0.5) is 5.82 Å². The van der Waals surface area contributed by atoms with E-state index >= 15 is 0 Å². The van der Waals surface area contributed by atoms with E-state index in [9.17, 15) is 4.79 Å². The fourth-order valence-electron chi connectivity index (χ4n) is 3.48. The summed E-state index contributed by atoms with van der Waals surface area (Å²) in [7, 11) is 0. The highest BCUT2D eigenvalue weighted by molar-refractivity contribution is 5.92. The third-order valence-electron chi connectivity index (χ3n) is 4.86. The van der Waals surface area contributed by atoms with Gasteiger partial charge in [0.15, 0.2) is 17.3 Å². The van der Waals surface area contributed by atoms with Gasteiger partial charge in [-0.2, -0.15) is 0 Å². The summed E-state index contributed by atoms with van der Waals surface area (Å²) in [4.78, 5) is 18.9. The maximum Gasteiger partial charge on any atom is 0.244 e. The lowest BCUT2D eigenvalue weighted by molar-refractivity contribution is -0.117. The highest BCUT2D eigenvalue weighted by atomic mass is 16.7. The monoisotopic (exact) mass is 378 g/mol. The van der Waals surface area contributed by atoms with Crippen molar-refractivity contribution in [1.29, 1.82) is 0 Å². The molecule has 0 aliphatic carbocycles. The van der Waals surface area contributed by atoms with Crippen molar-refractivity contribution in [3.63, 3.8) is 0 Å². The number of ether oxygens (including phenoxy) is 2. The summed E-state index contributed by atoms with van der Waals surface area (Å²) in [6.07, 6.45) is 9.35. The topological polar surface area (TPSA) is 93.9 Å². The van der Waals surface area contributed by atoms with Crippen LogP contribution in [0.25, 0.3) is 11.7 Å². The normalized spacial score (nSPS) is 18.3. The molecule has 0 unspecified atom stereocenters. The van der Waals surface area contributed by atoms with Crippen molar-refractivity contribution in [3.05, 3.63) is 48.6 Å². The van der Waals surface area contributed by atoms with Gasteiger partial charge >= 0.3 is 0 Å². The molecule has 5 rings (SSSR count). The second-order valence-electron chi connectivity index (χ2n) is 6.70. The Bertz CT molecular complexity index is 1060. The van der Waals surface area contributed by atoms with Crippen molar-refractivity contribution in [2.75, 3.05) is 24.8 Å². The van der Waals surface area contributed by atoms with Crippen LogP contribution in [-0.2, 0) is 4.79 Å². The van der Waals surface area contributed by atoms with Gasteiger partial charge < -0.3 is 19.7 Å². The molecule has 0 saturated carbocycles. The number of aromatic nitrogens is 4. The zero-order valence-electron chi connectivity index (χ0n) is 15.0. The highest BCUT2D eigenvalue weighted by Crippen LogP contribution is 2.32. The Morgan fingerprint density at radius 3 is 3.18 bits per heavy atom. The Labute approximate surface area is 160 Å². The van der Waals surface area contributed by atoms with E-state index in [2.05, 4.69) is 25.4 Å². The molecule has 3 aromatic rings. The molecule has 2 aliphatic rings. The average Bonchev–Trinajstić information content (AvgIpc) is 3.45. The molecule has 1 saturated heterocycles. The summed E-state index contributed by atoms with van der Waals surface area (Å²) in [6.45, 7) is 1.72. The smallest absolute Gasteiger partial charge is 0.244 e. The van der Waals surface area contributed by atoms with Gasteiger partial charge in [-0.25, -0.2) is 4.98 Å². The van der Waals surface area contributed by atoms with Gasteiger partial charge in [-0.15, -0.1) is 10.2 Å². The number of amides is 1. The van der Waals surface area contributed by atoms with Crippen molar-refractivity contribution < 1.29 is 14.3 Å². The summed E-state index contributed by atoms with van der Waals surface area (Å²) in [5.74, 6) is 2.08. The fourth-order valence-corrected chi connectivity index (χ4v) is 3.48. The molecule has 142 valence electrons. The maximum absolute atomic E-state index is 12.3. The zero-order chi connectivity index (χ0) is 18.9. The quantitative estimate of drug-likeness (QED) is 0.683. The Kier molecular flexibility index (Phi) is 4.04. The highest BCUT2D eigenvalue weighted by Gasteiger charge is 2.26. The zero-order valence-corrected chi connectivity index (χ0v) is 15.0. The molecule has 1 atom stereocenters. The lowest BCUT2D eigenvalue weighted by atomic mass is 10.2. The fraction of sp³-hybridized carbons (Fsp3) is 0.263. The Balaban J connectivity index is 1.21. The molecule has 1 fully saturated rings. The predicted molar refractivity (Wildman–Crippen MR) is 101 cm³/mol. The van der Waals surface area contributed by atoms with Gasteiger partial charge in [-0.05, 0) is 30.2 Å². The van der Waals surface area contributed by atoms with E-state index in [1.54, 1.807) is 18.6 Å². The van der Waals surface area contributed by atoms with Gasteiger partial charge in [0.05, 0.1) is 0 Å². The largest absolute Gasteiger partial charge is 0.454 e. The van der Waals surface area contributed by atoms with E-state index in [1.165, 1.54) is 6.08 Å².